The van der Waals surface area contributed by atoms with Gasteiger partial charge in [-0.25, -0.2) is 18.7 Å². The van der Waals surface area contributed by atoms with Crippen molar-refractivity contribution < 1.29 is 41.0 Å². The molecule has 1 aliphatic carbocycles. The number of amides is 1. The summed E-state index contributed by atoms with van der Waals surface area (Å²) in [7, 11) is 1.24. The molecule has 8 nitrogen and oxygen atoms in total. The van der Waals surface area contributed by atoms with Gasteiger partial charge in [-0.3, -0.25) is 4.79 Å². The number of carbonyl (C=O) groups is 1. The van der Waals surface area contributed by atoms with Gasteiger partial charge < -0.3 is 24.8 Å². The van der Waals surface area contributed by atoms with Gasteiger partial charge in [0.15, 0.2) is 12.4 Å². The number of ether oxygens (including phenoxy) is 3. The van der Waals surface area contributed by atoms with Crippen molar-refractivity contribution in [2.75, 3.05) is 25.6 Å². The first-order valence-corrected chi connectivity index (χ1v) is 12.1. The second-order valence-corrected chi connectivity index (χ2v) is 9.44. The van der Waals surface area contributed by atoms with Crippen LogP contribution in [0, 0.1) is 13.8 Å². The van der Waals surface area contributed by atoms with Crippen molar-refractivity contribution in [3.8, 4) is 0 Å². The molecular weight excluding hydrogens is 515 g/mol. The fraction of sp³-hybridized carbons (Fsp3) is 0.560. The maximum absolute atomic E-state index is 13.5. The predicted molar refractivity (Wildman–Crippen MR) is 125 cm³/mol. The molecule has 1 aliphatic heterocycles. The smallest absolute Gasteiger partial charge is 0.365 e. The van der Waals surface area contributed by atoms with Gasteiger partial charge in [0, 0.05) is 7.11 Å². The summed E-state index contributed by atoms with van der Waals surface area (Å²) in [6.45, 7) is 5.08. The summed E-state index contributed by atoms with van der Waals surface area (Å²) in [4.78, 5) is 21.9. The average molecular weight is 545 g/mol. The van der Waals surface area contributed by atoms with Gasteiger partial charge >= 0.3 is 6.18 Å². The van der Waals surface area contributed by atoms with Crippen LogP contribution in [-0.4, -0.2) is 48.2 Å². The number of hydrogen-bond acceptors (Lipinski definition) is 7. The van der Waals surface area contributed by atoms with Crippen molar-refractivity contribution in [3.63, 3.8) is 0 Å². The summed E-state index contributed by atoms with van der Waals surface area (Å²) in [6.07, 6.45) is -9.41. The number of halogens is 5. The number of hydrogen-bond donors (Lipinski definition) is 2. The van der Waals surface area contributed by atoms with Crippen LogP contribution in [0.25, 0.3) is 0 Å². The third-order valence-electron chi connectivity index (χ3n) is 6.75. The molecule has 2 fully saturated rings. The lowest BCUT2D eigenvalue weighted by Crippen LogP contribution is -2.45. The first kappa shape index (κ1) is 28.1. The number of methoxy groups -OCH3 is 1. The van der Waals surface area contributed by atoms with Crippen molar-refractivity contribution in [2.45, 2.75) is 70.2 Å². The summed E-state index contributed by atoms with van der Waals surface area (Å²) in [5, 5.41) is 5.50. The number of anilines is 1. The highest BCUT2D eigenvalue weighted by Crippen LogP contribution is 2.43. The van der Waals surface area contributed by atoms with Gasteiger partial charge in [0.1, 0.15) is 17.2 Å². The summed E-state index contributed by atoms with van der Waals surface area (Å²) in [5.41, 5.74) is -1.68. The Morgan fingerprint density at radius 2 is 1.82 bits per heavy atom. The van der Waals surface area contributed by atoms with E-state index in [1.807, 2.05) is 0 Å². The molecule has 2 N–H and O–H groups in total. The fourth-order valence-corrected chi connectivity index (χ4v) is 4.57. The van der Waals surface area contributed by atoms with E-state index >= 15 is 0 Å². The number of aryl methyl sites for hydroxylation is 1. The van der Waals surface area contributed by atoms with Crippen molar-refractivity contribution in [3.05, 3.63) is 52.0 Å². The molecular formula is C25H29F5N4O4. The van der Waals surface area contributed by atoms with Crippen molar-refractivity contribution in [2.24, 2.45) is 0 Å². The van der Waals surface area contributed by atoms with Gasteiger partial charge in [0.2, 0.25) is 0 Å². The molecule has 13 heteroatoms. The molecule has 2 aliphatic rings. The van der Waals surface area contributed by atoms with E-state index in [1.54, 1.807) is 19.9 Å². The number of benzene rings is 1. The van der Waals surface area contributed by atoms with Crippen LogP contribution in [0.5, 0.6) is 0 Å². The minimum absolute atomic E-state index is 0.0462. The molecule has 0 spiro atoms. The number of carbonyl (C=O) groups excluding carboxylic acids is 1. The highest BCUT2D eigenvalue weighted by molar-refractivity contribution is 5.83. The molecule has 38 heavy (non-hydrogen) atoms. The van der Waals surface area contributed by atoms with Crippen LogP contribution in [0.1, 0.15) is 72.0 Å². The summed E-state index contributed by atoms with van der Waals surface area (Å²) in [6, 6.07) is 3.25. The number of nitrogens with zero attached hydrogens (tertiary/aromatic N) is 2. The fourth-order valence-electron chi connectivity index (χ4n) is 4.57. The molecule has 2 atom stereocenters. The van der Waals surface area contributed by atoms with E-state index in [9.17, 15) is 26.7 Å². The normalized spacial score (nSPS) is 18.9. The zero-order chi connectivity index (χ0) is 27.8. The third-order valence-corrected chi connectivity index (χ3v) is 6.75. The highest BCUT2D eigenvalue weighted by atomic mass is 19.4. The van der Waals surface area contributed by atoms with Crippen LogP contribution in [0.2, 0.25) is 0 Å². The predicted octanol–water partition coefficient (Wildman–Crippen LogP) is 4.93. The molecule has 1 saturated heterocycles. The molecule has 1 saturated carbocycles. The molecule has 2 aromatic rings. The zero-order valence-electron chi connectivity index (χ0n) is 21.3. The molecule has 208 valence electrons. The van der Waals surface area contributed by atoms with Crippen LogP contribution < -0.4 is 10.6 Å². The van der Waals surface area contributed by atoms with E-state index in [0.29, 0.717) is 5.56 Å². The van der Waals surface area contributed by atoms with Crippen LogP contribution >= 0.6 is 0 Å². The lowest BCUT2D eigenvalue weighted by molar-refractivity contribution is -0.138. The molecule has 2 heterocycles. The second kappa shape index (κ2) is 10.7. The van der Waals surface area contributed by atoms with E-state index in [0.717, 1.165) is 6.07 Å². The van der Waals surface area contributed by atoms with Gasteiger partial charge in [0.05, 0.1) is 36.1 Å². The zero-order valence-corrected chi connectivity index (χ0v) is 21.3. The van der Waals surface area contributed by atoms with Crippen LogP contribution in [-0.2, 0) is 25.2 Å². The quantitative estimate of drug-likeness (QED) is 0.433. The van der Waals surface area contributed by atoms with E-state index in [2.05, 4.69) is 20.6 Å². The Labute approximate surface area is 216 Å². The van der Waals surface area contributed by atoms with Gasteiger partial charge in [0.25, 0.3) is 12.3 Å². The number of aromatic nitrogens is 2. The molecule has 0 bridgehead atoms. The Kier molecular flexibility index (Phi) is 7.91. The number of alkyl halides is 5. The Balaban J connectivity index is 1.73. The summed E-state index contributed by atoms with van der Waals surface area (Å²) < 4.78 is 84.2. The van der Waals surface area contributed by atoms with Gasteiger partial charge in [-0.1, -0.05) is 12.1 Å². The highest BCUT2D eigenvalue weighted by Gasteiger charge is 2.53. The second-order valence-electron chi connectivity index (χ2n) is 9.44. The van der Waals surface area contributed by atoms with Crippen molar-refractivity contribution >= 4 is 11.7 Å². The largest absolute Gasteiger partial charge is 0.416 e. The van der Waals surface area contributed by atoms with E-state index in [-0.39, 0.29) is 54.5 Å². The number of nitrogens with one attached hydrogen (secondary N) is 2. The summed E-state index contributed by atoms with van der Waals surface area (Å²) >= 11 is 0. The van der Waals surface area contributed by atoms with Crippen LogP contribution in [0.4, 0.5) is 27.8 Å². The molecule has 1 unspecified atom stereocenters. The van der Waals surface area contributed by atoms with Gasteiger partial charge in [-0.05, 0) is 50.8 Å². The van der Waals surface area contributed by atoms with E-state index in [1.165, 1.54) is 20.1 Å². The maximum Gasteiger partial charge on any atom is 0.416 e. The third kappa shape index (κ3) is 5.59. The maximum atomic E-state index is 13.5. The molecule has 1 aromatic heterocycles. The monoisotopic (exact) mass is 544 g/mol. The average Bonchev–Trinajstić information content (AvgIpc) is 3.41. The van der Waals surface area contributed by atoms with Crippen molar-refractivity contribution in [1.82, 2.24) is 15.3 Å². The Hall–Kier alpha value is -2.90. The lowest BCUT2D eigenvalue weighted by atomic mass is 9.97. The first-order valence-electron chi connectivity index (χ1n) is 12.1. The van der Waals surface area contributed by atoms with Crippen LogP contribution in [0.3, 0.4) is 0 Å². The molecule has 1 amide bonds. The van der Waals surface area contributed by atoms with Crippen LogP contribution in [0.15, 0.2) is 18.2 Å². The lowest BCUT2D eigenvalue weighted by Gasteiger charge is -2.26. The molecule has 4 rings (SSSR count). The Morgan fingerprint density at radius 1 is 1.16 bits per heavy atom. The van der Waals surface area contributed by atoms with Gasteiger partial charge in [-0.2, -0.15) is 13.2 Å². The number of rotatable bonds is 9. The minimum atomic E-state index is -4.52. The van der Waals surface area contributed by atoms with E-state index in [4.69, 9.17) is 14.2 Å². The first-order chi connectivity index (χ1) is 17.9. The summed E-state index contributed by atoms with van der Waals surface area (Å²) in [5.74, 6) is -0.439. The molecule has 1 aromatic carbocycles. The Bertz CT molecular complexity index is 1180. The minimum Gasteiger partial charge on any atom is -0.365 e. The molecule has 0 radical (unpaired) electrons. The van der Waals surface area contributed by atoms with E-state index < -0.39 is 48.0 Å². The Morgan fingerprint density at radius 3 is 2.37 bits per heavy atom. The van der Waals surface area contributed by atoms with Gasteiger partial charge in [-0.15, -0.1) is 0 Å². The SMILES string of the molecule is COC(C(=O)NC1(C(F)F)CC1)c1nc(C)nc(N[C@H](C)c2cccc(C(F)(F)F)c2C)c1C1OCCO1. The topological polar surface area (TPSA) is 94.6 Å². The standard InChI is InChI=1S/C25H29F5N4O4/c1-12-15(6-5-7-16(12)25(28,29)30)13(2)31-20-17(22-37-10-11-38-22)18(32-14(3)33-20)19(36-4)21(35)34-24(8-9-24)23(26)27/h5-7,13,19,22-23H,8-11H2,1-4H3,(H,34,35)(H,31,32,33)/t13-,19?/m1/s1. The van der Waals surface area contributed by atoms with Crippen molar-refractivity contribution in [1.29, 1.82) is 0 Å².